The maximum atomic E-state index is 12.5. The number of carbonyl (C=O) groups is 2. The molecule has 0 aliphatic heterocycles. The molecule has 2 aromatic carbocycles. The van der Waals surface area contributed by atoms with Gasteiger partial charge in [-0.05, 0) is 31.1 Å². The summed E-state index contributed by atoms with van der Waals surface area (Å²) in [5, 5.41) is 8.90. The van der Waals surface area contributed by atoms with Crippen molar-refractivity contribution in [2.24, 2.45) is 5.92 Å². The van der Waals surface area contributed by atoms with Crippen LogP contribution in [0.25, 0.3) is 0 Å². The van der Waals surface area contributed by atoms with Gasteiger partial charge in [0.05, 0.1) is 0 Å². The number of carboxylic acids is 1. The van der Waals surface area contributed by atoms with Crippen LogP contribution in [0.5, 0.6) is 0 Å². The fraction of sp³-hybridized carbons (Fsp3) is 0.440. The van der Waals surface area contributed by atoms with Gasteiger partial charge in [-0.25, -0.2) is 0 Å². The van der Waals surface area contributed by atoms with Crippen molar-refractivity contribution in [3.8, 4) is 0 Å². The maximum Gasteiger partial charge on any atom is 0.306 e. The zero-order valence-corrected chi connectivity index (χ0v) is 18.2. The summed E-state index contributed by atoms with van der Waals surface area (Å²) in [4.78, 5) is 25.5. The largest absolute Gasteiger partial charge is 0.481 e. The number of nitrogens with zero attached hydrogens (tertiary/aromatic N) is 1. The third kappa shape index (κ3) is 6.70. The van der Waals surface area contributed by atoms with Crippen molar-refractivity contribution in [3.05, 3.63) is 71.8 Å². The fourth-order valence-corrected chi connectivity index (χ4v) is 3.86. The van der Waals surface area contributed by atoms with Crippen molar-refractivity contribution < 1.29 is 19.4 Å². The number of rotatable bonds is 12. The summed E-state index contributed by atoms with van der Waals surface area (Å²) < 4.78 is 6.22. The van der Waals surface area contributed by atoms with E-state index in [0.29, 0.717) is 32.4 Å². The van der Waals surface area contributed by atoms with Gasteiger partial charge in [-0.3, -0.25) is 9.59 Å². The summed E-state index contributed by atoms with van der Waals surface area (Å²) in [7, 11) is 1.98. The molecule has 162 valence electrons. The van der Waals surface area contributed by atoms with E-state index < -0.39 is 11.6 Å². The molecular weight excluding hydrogens is 378 g/mol. The van der Waals surface area contributed by atoms with Crippen LogP contribution in [0.1, 0.15) is 44.2 Å². The first kappa shape index (κ1) is 23.6. The molecule has 0 heterocycles. The minimum absolute atomic E-state index is 0.00886. The minimum atomic E-state index is -0.809. The fourth-order valence-electron chi connectivity index (χ4n) is 3.86. The van der Waals surface area contributed by atoms with Crippen LogP contribution in [-0.4, -0.2) is 42.1 Å². The first-order valence-electron chi connectivity index (χ1n) is 10.6. The van der Waals surface area contributed by atoms with Crippen LogP contribution in [0.2, 0.25) is 0 Å². The Hall–Kier alpha value is -2.66. The van der Waals surface area contributed by atoms with Gasteiger partial charge in [0.15, 0.2) is 0 Å². The van der Waals surface area contributed by atoms with Crippen molar-refractivity contribution >= 4 is 11.9 Å². The third-order valence-corrected chi connectivity index (χ3v) is 5.47. The van der Waals surface area contributed by atoms with Gasteiger partial charge < -0.3 is 14.7 Å². The lowest BCUT2D eigenvalue weighted by molar-refractivity contribution is -0.168. The summed E-state index contributed by atoms with van der Waals surface area (Å²) in [6.07, 6.45) is 1.62. The van der Waals surface area contributed by atoms with E-state index in [-0.39, 0.29) is 18.3 Å². The van der Waals surface area contributed by atoms with Crippen molar-refractivity contribution in [2.75, 3.05) is 20.1 Å². The van der Waals surface area contributed by atoms with Crippen molar-refractivity contribution in [2.45, 2.75) is 45.1 Å². The molecule has 30 heavy (non-hydrogen) atoms. The zero-order chi connectivity index (χ0) is 22.0. The molecule has 0 saturated heterocycles. The second kappa shape index (κ2) is 11.5. The van der Waals surface area contributed by atoms with Crippen LogP contribution in [0, 0.1) is 5.92 Å². The first-order chi connectivity index (χ1) is 14.4. The third-order valence-electron chi connectivity index (χ3n) is 5.47. The lowest BCUT2D eigenvalue weighted by atomic mass is 9.77. The number of aliphatic carboxylic acids is 1. The molecule has 0 aromatic heterocycles. The molecule has 0 spiro atoms. The lowest BCUT2D eigenvalue weighted by Crippen LogP contribution is -2.45. The highest BCUT2D eigenvalue weighted by Gasteiger charge is 2.42. The molecule has 0 bridgehead atoms. The van der Waals surface area contributed by atoms with Crippen LogP contribution in [0.4, 0.5) is 0 Å². The molecule has 2 atom stereocenters. The Bertz CT molecular complexity index is 793. The van der Waals surface area contributed by atoms with Crippen molar-refractivity contribution in [1.82, 2.24) is 4.90 Å². The summed E-state index contributed by atoms with van der Waals surface area (Å²) in [5.74, 6) is -1.02. The molecule has 0 unspecified atom stereocenters. The summed E-state index contributed by atoms with van der Waals surface area (Å²) in [5.41, 5.74) is 1.27. The molecule has 1 N–H and O–H groups in total. The minimum Gasteiger partial charge on any atom is -0.481 e. The maximum absolute atomic E-state index is 12.5. The Kier molecular flexibility index (Phi) is 9.06. The molecule has 0 saturated carbocycles. The Morgan fingerprint density at radius 2 is 1.67 bits per heavy atom. The van der Waals surface area contributed by atoms with Gasteiger partial charge in [-0.1, -0.05) is 74.5 Å². The van der Waals surface area contributed by atoms with E-state index in [2.05, 4.69) is 24.0 Å². The topological polar surface area (TPSA) is 66.8 Å². The predicted molar refractivity (Wildman–Crippen MR) is 118 cm³/mol. The van der Waals surface area contributed by atoms with E-state index in [1.807, 2.05) is 62.5 Å². The molecule has 0 aliphatic rings. The Balaban J connectivity index is 2.36. The molecule has 0 fully saturated rings. The van der Waals surface area contributed by atoms with Crippen molar-refractivity contribution in [3.63, 3.8) is 0 Å². The summed E-state index contributed by atoms with van der Waals surface area (Å²) >= 11 is 0. The molecule has 2 aromatic rings. The van der Waals surface area contributed by atoms with Gasteiger partial charge in [-0.2, -0.15) is 0 Å². The number of hydrogen-bond donors (Lipinski definition) is 1. The number of hydrogen-bond acceptors (Lipinski definition) is 4. The van der Waals surface area contributed by atoms with Crippen molar-refractivity contribution in [1.29, 1.82) is 0 Å². The number of ether oxygens (including phenoxy) is 1. The smallest absolute Gasteiger partial charge is 0.306 e. The molecule has 0 radical (unpaired) electrons. The van der Waals surface area contributed by atoms with Gasteiger partial charge in [-0.15, -0.1) is 0 Å². The average molecular weight is 412 g/mol. The van der Waals surface area contributed by atoms with Gasteiger partial charge in [0.25, 0.3) is 0 Å². The van der Waals surface area contributed by atoms with Crippen LogP contribution < -0.4 is 0 Å². The van der Waals surface area contributed by atoms with Gasteiger partial charge in [0, 0.05) is 31.7 Å². The first-order valence-corrected chi connectivity index (χ1v) is 10.6. The lowest BCUT2D eigenvalue weighted by Gasteiger charge is -2.41. The molecule has 0 aliphatic carbocycles. The summed E-state index contributed by atoms with van der Waals surface area (Å²) in [6.45, 7) is 5.27. The standard InChI is InChI=1S/C25H33NO4/c1-4-24(29)30-25(22-14-9-6-10-15-22,18-21-12-7-5-8-13-21)20(2)19-26(3)17-11-16-23(27)28/h5-10,12-15,20H,4,11,16-19H2,1-3H3,(H,27,28)/t20-,25+/m0/s1. The monoisotopic (exact) mass is 411 g/mol. The number of benzene rings is 2. The Labute approximate surface area is 179 Å². The molecule has 5 heteroatoms. The highest BCUT2D eigenvalue weighted by Crippen LogP contribution is 2.38. The van der Waals surface area contributed by atoms with E-state index in [4.69, 9.17) is 9.84 Å². The molecular formula is C25H33NO4. The van der Waals surface area contributed by atoms with Crippen LogP contribution in [0.3, 0.4) is 0 Å². The zero-order valence-electron chi connectivity index (χ0n) is 18.2. The van der Waals surface area contributed by atoms with Gasteiger partial charge in [0.1, 0.15) is 5.60 Å². The van der Waals surface area contributed by atoms with Gasteiger partial charge in [0.2, 0.25) is 0 Å². The molecule has 0 amide bonds. The average Bonchev–Trinajstić information content (AvgIpc) is 2.74. The van der Waals surface area contributed by atoms with Crippen LogP contribution >= 0.6 is 0 Å². The predicted octanol–water partition coefficient (Wildman–Crippen LogP) is 4.51. The highest BCUT2D eigenvalue weighted by atomic mass is 16.6. The Morgan fingerprint density at radius 1 is 1.07 bits per heavy atom. The number of carboxylic acid groups (broad SMARTS) is 1. The SMILES string of the molecule is CCC(=O)O[C@@](Cc1ccccc1)(c1ccccc1)[C@@H](C)CN(C)CCCC(=O)O. The van der Waals surface area contributed by atoms with E-state index in [1.165, 1.54) is 0 Å². The van der Waals surface area contributed by atoms with Crippen LogP contribution in [-0.2, 0) is 26.3 Å². The second-order valence-corrected chi connectivity index (χ2v) is 7.91. The highest BCUT2D eigenvalue weighted by molar-refractivity contribution is 5.70. The summed E-state index contributed by atoms with van der Waals surface area (Å²) in [6, 6.07) is 20.0. The van der Waals surface area contributed by atoms with Crippen LogP contribution in [0.15, 0.2) is 60.7 Å². The van der Waals surface area contributed by atoms with E-state index in [1.54, 1.807) is 0 Å². The second-order valence-electron chi connectivity index (χ2n) is 7.91. The molecule has 5 nitrogen and oxygen atoms in total. The normalized spacial score (nSPS) is 14.1. The quantitative estimate of drug-likeness (QED) is 0.521. The van der Waals surface area contributed by atoms with E-state index in [9.17, 15) is 9.59 Å². The van der Waals surface area contributed by atoms with E-state index >= 15 is 0 Å². The van der Waals surface area contributed by atoms with E-state index in [0.717, 1.165) is 11.1 Å². The molecule has 2 rings (SSSR count). The van der Waals surface area contributed by atoms with Gasteiger partial charge >= 0.3 is 11.9 Å². The Morgan fingerprint density at radius 3 is 2.23 bits per heavy atom. The number of esters is 1. The number of carbonyl (C=O) groups excluding carboxylic acids is 1.